The molecule has 3 N–H and O–H groups in total. The first-order valence-electron chi connectivity index (χ1n) is 8.59. The molecular weight excluding hydrogens is 350 g/mol. The van der Waals surface area contributed by atoms with Crippen LogP contribution in [0.4, 0.5) is 5.82 Å². The van der Waals surface area contributed by atoms with Gasteiger partial charge < -0.3 is 25.2 Å². The lowest BCUT2D eigenvalue weighted by molar-refractivity contribution is -0.0135. The van der Waals surface area contributed by atoms with Crippen LogP contribution in [0.1, 0.15) is 27.1 Å². The molecule has 1 fully saturated rings. The minimum atomic E-state index is -0.994. The highest BCUT2D eigenvalue weighted by Gasteiger charge is 2.29. The standard InChI is InChI=1S/C19H21N3O5/c1-20-17-10-13(6-8-21-17)18(23)22-15-7-9-26-11-16(15)27-14-4-2-12(3-5-14)19(24)25/h2-6,8,10,15-16H,7,9,11H2,1H3,(H,20,21)(H,22,23)(H,24,25)/t15-,16-/m1/s1. The fourth-order valence-corrected chi connectivity index (χ4v) is 2.80. The molecule has 2 heterocycles. The van der Waals surface area contributed by atoms with Crippen molar-refractivity contribution in [2.45, 2.75) is 18.6 Å². The van der Waals surface area contributed by atoms with E-state index in [1.807, 2.05) is 0 Å². The summed E-state index contributed by atoms with van der Waals surface area (Å²) in [5.74, 6) is -0.0707. The van der Waals surface area contributed by atoms with Gasteiger partial charge in [0, 0.05) is 25.4 Å². The first-order valence-corrected chi connectivity index (χ1v) is 8.59. The van der Waals surface area contributed by atoms with Crippen LogP contribution >= 0.6 is 0 Å². The maximum absolute atomic E-state index is 12.6. The molecule has 1 amide bonds. The quantitative estimate of drug-likeness (QED) is 0.710. The molecule has 0 saturated carbocycles. The molecule has 8 nitrogen and oxygen atoms in total. The fraction of sp³-hybridized carbons (Fsp3) is 0.316. The van der Waals surface area contributed by atoms with Gasteiger partial charge in [-0.3, -0.25) is 4.79 Å². The molecule has 0 aliphatic carbocycles. The van der Waals surface area contributed by atoms with E-state index in [2.05, 4.69) is 15.6 Å². The van der Waals surface area contributed by atoms with Crippen molar-refractivity contribution in [3.8, 4) is 5.75 Å². The highest BCUT2D eigenvalue weighted by atomic mass is 16.5. The number of ether oxygens (including phenoxy) is 2. The van der Waals surface area contributed by atoms with Gasteiger partial charge >= 0.3 is 5.97 Å². The van der Waals surface area contributed by atoms with Crippen molar-refractivity contribution in [1.82, 2.24) is 10.3 Å². The number of anilines is 1. The van der Waals surface area contributed by atoms with Gasteiger partial charge in [-0.2, -0.15) is 0 Å². The van der Waals surface area contributed by atoms with E-state index >= 15 is 0 Å². The summed E-state index contributed by atoms with van der Waals surface area (Å²) in [6, 6.07) is 9.25. The SMILES string of the molecule is CNc1cc(C(=O)N[C@@H]2CCOC[C@H]2Oc2ccc(C(=O)O)cc2)ccn1. The summed E-state index contributed by atoms with van der Waals surface area (Å²) in [7, 11) is 1.74. The number of aromatic carboxylic acids is 1. The summed E-state index contributed by atoms with van der Waals surface area (Å²) in [6.45, 7) is 0.866. The molecule has 8 heteroatoms. The zero-order valence-electron chi connectivity index (χ0n) is 14.8. The zero-order chi connectivity index (χ0) is 19.2. The molecule has 2 atom stereocenters. The topological polar surface area (TPSA) is 110 Å². The minimum Gasteiger partial charge on any atom is -0.486 e. The van der Waals surface area contributed by atoms with Crippen LogP contribution in [0.25, 0.3) is 0 Å². The number of amides is 1. The number of carboxylic acids is 1. The van der Waals surface area contributed by atoms with Crippen LogP contribution in [0, 0.1) is 0 Å². The van der Waals surface area contributed by atoms with Crippen LogP contribution < -0.4 is 15.4 Å². The molecule has 0 spiro atoms. The Labute approximate surface area is 156 Å². The third-order valence-corrected chi connectivity index (χ3v) is 4.29. The van der Waals surface area contributed by atoms with E-state index in [0.717, 1.165) is 0 Å². The molecule has 1 saturated heterocycles. The van der Waals surface area contributed by atoms with Crippen LogP contribution in [0.5, 0.6) is 5.75 Å². The normalized spacial score (nSPS) is 19.1. The van der Waals surface area contributed by atoms with Gasteiger partial charge in [0.15, 0.2) is 0 Å². The highest BCUT2D eigenvalue weighted by molar-refractivity contribution is 5.95. The highest BCUT2D eigenvalue weighted by Crippen LogP contribution is 2.19. The number of hydrogen-bond donors (Lipinski definition) is 3. The largest absolute Gasteiger partial charge is 0.486 e. The summed E-state index contributed by atoms with van der Waals surface area (Å²) in [5, 5.41) is 14.9. The lowest BCUT2D eigenvalue weighted by Crippen LogP contribution is -2.51. The molecule has 27 heavy (non-hydrogen) atoms. The van der Waals surface area contributed by atoms with Gasteiger partial charge in [-0.1, -0.05) is 0 Å². The predicted octanol–water partition coefficient (Wildman–Crippen LogP) is 1.79. The number of carbonyl (C=O) groups is 2. The van der Waals surface area contributed by atoms with Crippen LogP contribution in [-0.2, 0) is 4.74 Å². The molecule has 2 aromatic rings. The van der Waals surface area contributed by atoms with Gasteiger partial charge in [-0.15, -0.1) is 0 Å². The Kier molecular flexibility index (Phi) is 5.87. The summed E-state index contributed by atoms with van der Waals surface area (Å²) in [5.41, 5.74) is 0.690. The molecule has 1 aliphatic heterocycles. The molecule has 0 radical (unpaired) electrons. The number of nitrogens with one attached hydrogen (secondary N) is 2. The zero-order valence-corrected chi connectivity index (χ0v) is 14.8. The average molecular weight is 371 g/mol. The fourth-order valence-electron chi connectivity index (χ4n) is 2.80. The van der Waals surface area contributed by atoms with Crippen molar-refractivity contribution in [3.63, 3.8) is 0 Å². The lowest BCUT2D eigenvalue weighted by atomic mass is 10.1. The molecule has 0 bridgehead atoms. The second kappa shape index (κ2) is 8.50. The molecule has 0 unspecified atom stereocenters. The molecule has 1 aromatic heterocycles. The van der Waals surface area contributed by atoms with Crippen molar-refractivity contribution < 1.29 is 24.2 Å². The van der Waals surface area contributed by atoms with Crippen molar-refractivity contribution in [2.75, 3.05) is 25.6 Å². The van der Waals surface area contributed by atoms with Crippen molar-refractivity contribution in [1.29, 1.82) is 0 Å². The predicted molar refractivity (Wildman–Crippen MR) is 98.3 cm³/mol. The second-order valence-electron chi connectivity index (χ2n) is 6.11. The Morgan fingerprint density at radius 1 is 1.22 bits per heavy atom. The summed E-state index contributed by atoms with van der Waals surface area (Å²) >= 11 is 0. The minimum absolute atomic E-state index is 0.185. The van der Waals surface area contributed by atoms with Gasteiger partial charge in [-0.05, 0) is 42.8 Å². The van der Waals surface area contributed by atoms with Gasteiger partial charge in [0.2, 0.25) is 0 Å². The number of hydrogen-bond acceptors (Lipinski definition) is 6. The van der Waals surface area contributed by atoms with Crippen LogP contribution in [0.3, 0.4) is 0 Å². The summed E-state index contributed by atoms with van der Waals surface area (Å²) < 4.78 is 11.4. The number of aromatic nitrogens is 1. The van der Waals surface area contributed by atoms with Crippen molar-refractivity contribution in [2.24, 2.45) is 0 Å². The Morgan fingerprint density at radius 3 is 2.70 bits per heavy atom. The molecule has 1 aromatic carbocycles. The number of pyridine rings is 1. The Bertz CT molecular complexity index is 809. The van der Waals surface area contributed by atoms with E-state index in [9.17, 15) is 9.59 Å². The van der Waals surface area contributed by atoms with Crippen LogP contribution in [0.2, 0.25) is 0 Å². The van der Waals surface area contributed by atoms with Gasteiger partial charge in [0.1, 0.15) is 17.7 Å². The third kappa shape index (κ3) is 4.73. The van der Waals surface area contributed by atoms with E-state index in [1.165, 1.54) is 12.1 Å². The van der Waals surface area contributed by atoms with Crippen molar-refractivity contribution in [3.05, 3.63) is 53.7 Å². The first kappa shape index (κ1) is 18.7. The van der Waals surface area contributed by atoms with Gasteiger partial charge in [0.05, 0.1) is 18.2 Å². The van der Waals surface area contributed by atoms with Gasteiger partial charge in [-0.25, -0.2) is 9.78 Å². The number of benzene rings is 1. The Balaban J connectivity index is 1.67. The smallest absolute Gasteiger partial charge is 0.335 e. The number of carboxylic acid groups (broad SMARTS) is 1. The molecule has 142 valence electrons. The Hall–Kier alpha value is -3.13. The summed E-state index contributed by atoms with van der Waals surface area (Å²) in [6.07, 6.45) is 1.82. The van der Waals surface area contributed by atoms with Crippen LogP contribution in [-0.4, -0.2) is 54.4 Å². The molecule has 1 aliphatic rings. The third-order valence-electron chi connectivity index (χ3n) is 4.29. The summed E-state index contributed by atoms with van der Waals surface area (Å²) in [4.78, 5) is 27.6. The van der Waals surface area contributed by atoms with E-state index in [-0.39, 0.29) is 23.6 Å². The van der Waals surface area contributed by atoms with E-state index < -0.39 is 5.97 Å². The molecular formula is C19H21N3O5. The maximum atomic E-state index is 12.6. The van der Waals surface area contributed by atoms with Crippen LogP contribution in [0.15, 0.2) is 42.6 Å². The number of nitrogens with zero attached hydrogens (tertiary/aromatic N) is 1. The van der Waals surface area contributed by atoms with E-state index in [4.69, 9.17) is 14.6 Å². The van der Waals surface area contributed by atoms with E-state index in [0.29, 0.717) is 36.8 Å². The monoisotopic (exact) mass is 371 g/mol. The number of carbonyl (C=O) groups excluding carboxylic acids is 1. The lowest BCUT2D eigenvalue weighted by Gasteiger charge is -2.32. The average Bonchev–Trinajstić information content (AvgIpc) is 2.70. The second-order valence-corrected chi connectivity index (χ2v) is 6.11. The molecule has 3 rings (SSSR count). The first-order chi connectivity index (χ1) is 13.1. The van der Waals surface area contributed by atoms with Gasteiger partial charge in [0.25, 0.3) is 5.91 Å². The maximum Gasteiger partial charge on any atom is 0.335 e. The van der Waals surface area contributed by atoms with Crippen molar-refractivity contribution >= 4 is 17.7 Å². The Morgan fingerprint density at radius 2 is 2.00 bits per heavy atom. The van der Waals surface area contributed by atoms with E-state index in [1.54, 1.807) is 37.5 Å². The number of rotatable bonds is 6.